The molecule has 6 nitrogen and oxygen atoms in total. The Morgan fingerprint density at radius 1 is 1.39 bits per heavy atom. The lowest BCUT2D eigenvalue weighted by Crippen LogP contribution is -2.44. The summed E-state index contributed by atoms with van der Waals surface area (Å²) in [5, 5.41) is 31.7. The Kier molecular flexibility index (Phi) is 3.40. The van der Waals surface area contributed by atoms with Crippen LogP contribution in [-0.4, -0.2) is 58.4 Å². The van der Waals surface area contributed by atoms with Crippen LogP contribution in [-0.2, 0) is 0 Å². The van der Waals surface area contributed by atoms with Gasteiger partial charge < -0.3 is 25.5 Å². The summed E-state index contributed by atoms with van der Waals surface area (Å²) in [4.78, 5) is 13.5. The van der Waals surface area contributed by atoms with E-state index in [1.54, 1.807) is 7.05 Å². The quantitative estimate of drug-likeness (QED) is 0.533. The number of carbonyl (C=O) groups is 1. The van der Waals surface area contributed by atoms with Crippen LogP contribution in [0.2, 0.25) is 0 Å². The van der Waals surface area contributed by atoms with Crippen molar-refractivity contribution >= 4 is 5.91 Å². The molecule has 1 aliphatic heterocycles. The van der Waals surface area contributed by atoms with Crippen LogP contribution in [0.3, 0.4) is 0 Å². The lowest BCUT2D eigenvalue weighted by atomic mass is 10.1. The Morgan fingerprint density at radius 2 is 2.11 bits per heavy atom. The van der Waals surface area contributed by atoms with Crippen LogP contribution in [0.15, 0.2) is 18.2 Å². The zero-order valence-electron chi connectivity index (χ0n) is 10.00. The van der Waals surface area contributed by atoms with Crippen molar-refractivity contribution in [1.29, 1.82) is 0 Å². The largest absolute Gasteiger partial charge is 0.508 e. The highest BCUT2D eigenvalue weighted by Crippen LogP contribution is 2.24. The third-order valence-corrected chi connectivity index (χ3v) is 3.18. The summed E-state index contributed by atoms with van der Waals surface area (Å²) in [5.41, 5.74) is 0.0246. The molecule has 0 saturated carbocycles. The standard InChI is InChI=1S/C12H16N2O4/c1-14(9-5-13-6-11(9)17)12(18)8-4-7(15)2-3-10(8)16/h2-4,9,11,13,15-17H,5-6H2,1H3/t9-,11-/m0/s1. The highest BCUT2D eigenvalue weighted by Gasteiger charge is 2.32. The molecular weight excluding hydrogens is 236 g/mol. The van der Waals surface area contributed by atoms with Crippen LogP contribution >= 0.6 is 0 Å². The Balaban J connectivity index is 2.22. The number of rotatable bonds is 2. The molecular formula is C12H16N2O4. The second-order valence-corrected chi connectivity index (χ2v) is 4.41. The molecule has 2 atom stereocenters. The van der Waals surface area contributed by atoms with Gasteiger partial charge in [0.05, 0.1) is 17.7 Å². The number of likely N-dealkylation sites (N-methyl/N-ethyl adjacent to an activating group) is 1. The third kappa shape index (κ3) is 2.25. The number of nitrogens with one attached hydrogen (secondary N) is 1. The number of benzene rings is 1. The molecule has 0 aliphatic carbocycles. The number of phenols is 2. The first-order valence-electron chi connectivity index (χ1n) is 5.68. The van der Waals surface area contributed by atoms with E-state index < -0.39 is 12.0 Å². The molecule has 1 heterocycles. The Labute approximate surface area is 104 Å². The monoisotopic (exact) mass is 252 g/mol. The van der Waals surface area contributed by atoms with Crippen molar-refractivity contribution in [1.82, 2.24) is 10.2 Å². The number of hydrogen-bond acceptors (Lipinski definition) is 5. The molecule has 4 N–H and O–H groups in total. The van der Waals surface area contributed by atoms with Crippen molar-refractivity contribution in [2.24, 2.45) is 0 Å². The number of hydrogen-bond donors (Lipinski definition) is 4. The molecule has 0 bridgehead atoms. The maximum absolute atomic E-state index is 12.2. The maximum atomic E-state index is 12.2. The van der Waals surface area contributed by atoms with Crippen LogP contribution in [0.5, 0.6) is 11.5 Å². The first-order valence-corrected chi connectivity index (χ1v) is 5.68. The molecule has 0 radical (unpaired) electrons. The maximum Gasteiger partial charge on any atom is 0.257 e. The molecule has 6 heteroatoms. The van der Waals surface area contributed by atoms with Crippen LogP contribution < -0.4 is 5.32 Å². The van der Waals surface area contributed by atoms with Gasteiger partial charge in [0.2, 0.25) is 0 Å². The third-order valence-electron chi connectivity index (χ3n) is 3.18. The van der Waals surface area contributed by atoms with E-state index in [9.17, 15) is 20.1 Å². The van der Waals surface area contributed by atoms with Gasteiger partial charge in [-0.25, -0.2) is 0 Å². The van der Waals surface area contributed by atoms with E-state index in [1.807, 2.05) is 0 Å². The molecule has 1 saturated heterocycles. The van der Waals surface area contributed by atoms with Gasteiger partial charge in [-0.1, -0.05) is 0 Å². The minimum absolute atomic E-state index is 0.0246. The molecule has 0 aromatic heterocycles. The summed E-state index contributed by atoms with van der Waals surface area (Å²) < 4.78 is 0. The lowest BCUT2D eigenvalue weighted by Gasteiger charge is -2.26. The minimum Gasteiger partial charge on any atom is -0.508 e. The normalized spacial score (nSPS) is 23.0. The fraction of sp³-hybridized carbons (Fsp3) is 0.417. The Morgan fingerprint density at radius 3 is 2.72 bits per heavy atom. The van der Waals surface area contributed by atoms with Crippen molar-refractivity contribution in [2.75, 3.05) is 20.1 Å². The zero-order chi connectivity index (χ0) is 13.3. The van der Waals surface area contributed by atoms with Gasteiger partial charge in [-0.3, -0.25) is 4.79 Å². The number of carbonyl (C=O) groups excluding carboxylic acids is 1. The molecule has 1 fully saturated rings. The Hall–Kier alpha value is -1.79. The first-order chi connectivity index (χ1) is 8.50. The molecule has 1 aromatic carbocycles. The molecule has 0 spiro atoms. The molecule has 18 heavy (non-hydrogen) atoms. The smallest absolute Gasteiger partial charge is 0.257 e. The number of phenolic OH excluding ortho intramolecular Hbond substituents is 2. The van der Waals surface area contributed by atoms with Crippen LogP contribution in [0, 0.1) is 0 Å². The zero-order valence-corrected chi connectivity index (χ0v) is 10.00. The summed E-state index contributed by atoms with van der Waals surface area (Å²) in [7, 11) is 1.56. The van der Waals surface area contributed by atoms with Crippen molar-refractivity contribution < 1.29 is 20.1 Å². The average Bonchev–Trinajstić information content (AvgIpc) is 2.77. The van der Waals surface area contributed by atoms with Gasteiger partial charge in [-0.15, -0.1) is 0 Å². The number of β-amino-alcohol motifs (C(OH)–C–C–N with tert-alkyl or cyclic N) is 1. The van der Waals surface area contributed by atoms with Gasteiger partial charge in [0.15, 0.2) is 0 Å². The molecule has 1 aliphatic rings. The second kappa shape index (κ2) is 4.83. The number of aliphatic hydroxyl groups excluding tert-OH is 1. The highest BCUT2D eigenvalue weighted by molar-refractivity contribution is 5.97. The number of amides is 1. The van der Waals surface area contributed by atoms with E-state index in [0.717, 1.165) is 0 Å². The molecule has 1 amide bonds. The van der Waals surface area contributed by atoms with Crippen molar-refractivity contribution in [2.45, 2.75) is 12.1 Å². The first kappa shape index (κ1) is 12.7. The predicted octanol–water partition coefficient (Wildman–Crippen LogP) is -0.498. The summed E-state index contributed by atoms with van der Waals surface area (Å²) in [5.74, 6) is -0.712. The van der Waals surface area contributed by atoms with Gasteiger partial charge in [0.1, 0.15) is 11.5 Å². The molecule has 1 aromatic rings. The summed E-state index contributed by atoms with van der Waals surface area (Å²) >= 11 is 0. The van der Waals surface area contributed by atoms with Crippen molar-refractivity contribution in [3.8, 4) is 11.5 Å². The van der Waals surface area contributed by atoms with Crippen LogP contribution in [0.1, 0.15) is 10.4 Å². The molecule has 98 valence electrons. The number of aliphatic hydroxyl groups is 1. The van der Waals surface area contributed by atoms with Gasteiger partial charge in [0, 0.05) is 20.1 Å². The van der Waals surface area contributed by atoms with Gasteiger partial charge in [-0.05, 0) is 18.2 Å². The minimum atomic E-state index is -0.626. The van der Waals surface area contributed by atoms with Crippen molar-refractivity contribution in [3.63, 3.8) is 0 Å². The SMILES string of the molecule is CN(C(=O)c1cc(O)ccc1O)[C@H]1CNC[C@@H]1O. The second-order valence-electron chi connectivity index (χ2n) is 4.41. The van der Waals surface area contributed by atoms with Gasteiger partial charge >= 0.3 is 0 Å². The van der Waals surface area contributed by atoms with E-state index in [4.69, 9.17) is 0 Å². The summed E-state index contributed by atoms with van der Waals surface area (Å²) in [6.45, 7) is 0.942. The lowest BCUT2D eigenvalue weighted by molar-refractivity contribution is 0.0578. The van der Waals surface area contributed by atoms with E-state index in [2.05, 4.69) is 5.32 Å². The van der Waals surface area contributed by atoms with E-state index >= 15 is 0 Å². The average molecular weight is 252 g/mol. The van der Waals surface area contributed by atoms with Crippen LogP contribution in [0.4, 0.5) is 0 Å². The predicted molar refractivity (Wildman–Crippen MR) is 64.5 cm³/mol. The molecule has 0 unspecified atom stereocenters. The highest BCUT2D eigenvalue weighted by atomic mass is 16.3. The summed E-state index contributed by atoms with van der Waals surface area (Å²) in [6.07, 6.45) is -0.626. The molecule has 2 rings (SSSR count). The summed E-state index contributed by atoms with van der Waals surface area (Å²) in [6, 6.07) is 3.44. The van der Waals surface area contributed by atoms with E-state index in [-0.39, 0.29) is 23.1 Å². The number of nitrogens with zero attached hydrogens (tertiary/aromatic N) is 1. The van der Waals surface area contributed by atoms with Crippen molar-refractivity contribution in [3.05, 3.63) is 23.8 Å². The fourth-order valence-electron chi connectivity index (χ4n) is 2.08. The Bertz CT molecular complexity index is 463. The topological polar surface area (TPSA) is 93.0 Å². The van der Waals surface area contributed by atoms with Gasteiger partial charge in [-0.2, -0.15) is 0 Å². The van der Waals surface area contributed by atoms with Gasteiger partial charge in [0.25, 0.3) is 5.91 Å². The fourth-order valence-corrected chi connectivity index (χ4v) is 2.08. The number of aromatic hydroxyl groups is 2. The van der Waals surface area contributed by atoms with Crippen LogP contribution in [0.25, 0.3) is 0 Å². The van der Waals surface area contributed by atoms with E-state index in [1.165, 1.54) is 23.1 Å². The van der Waals surface area contributed by atoms with E-state index in [0.29, 0.717) is 13.1 Å².